The van der Waals surface area contributed by atoms with Crippen molar-refractivity contribution in [2.24, 2.45) is 7.05 Å². The average Bonchev–Trinajstić information content (AvgIpc) is 3.47. The van der Waals surface area contributed by atoms with Crippen molar-refractivity contribution >= 4 is 22.9 Å². The van der Waals surface area contributed by atoms with Crippen LogP contribution in [0.1, 0.15) is 16.1 Å². The van der Waals surface area contributed by atoms with E-state index in [4.69, 9.17) is 0 Å². The molecule has 1 atom stereocenters. The number of amides is 1. The molecule has 5 heterocycles. The Kier molecular flexibility index (Phi) is 4.18. The molecule has 0 aromatic carbocycles. The van der Waals surface area contributed by atoms with Crippen molar-refractivity contribution in [3.05, 3.63) is 47.3 Å². The predicted molar refractivity (Wildman–Crippen MR) is 107 cm³/mol. The Labute approximate surface area is 165 Å². The minimum atomic E-state index is -0.0201. The molecule has 0 bridgehead atoms. The van der Waals surface area contributed by atoms with Gasteiger partial charge >= 0.3 is 0 Å². The fourth-order valence-corrected chi connectivity index (χ4v) is 4.24. The molecule has 2 N–H and O–H groups in total. The Morgan fingerprint density at radius 3 is 2.89 bits per heavy atom. The number of thiophene rings is 1. The van der Waals surface area contributed by atoms with Crippen molar-refractivity contribution in [3.63, 3.8) is 0 Å². The second-order valence-corrected chi connectivity index (χ2v) is 7.85. The molecule has 1 aliphatic rings. The van der Waals surface area contributed by atoms with E-state index < -0.39 is 0 Å². The zero-order chi connectivity index (χ0) is 19.1. The van der Waals surface area contributed by atoms with Crippen LogP contribution < -0.4 is 10.6 Å². The third-order valence-electron chi connectivity index (χ3n) is 4.92. The first kappa shape index (κ1) is 17.1. The van der Waals surface area contributed by atoms with Gasteiger partial charge in [-0.2, -0.15) is 10.2 Å². The van der Waals surface area contributed by atoms with E-state index in [1.54, 1.807) is 21.6 Å². The highest BCUT2D eigenvalue weighted by atomic mass is 32.1. The standard InChI is InChI=1S/C19H19N7OS/c1-25-9-14(6-22-25)13-5-21-18-16(8-23-26(18)10-13)12-4-17(28-11-12)19(27)24-15-2-3-20-7-15/h4-6,8-11,15,20H,2-3,7H2,1H3,(H,24,27). The van der Waals surface area contributed by atoms with E-state index in [1.807, 2.05) is 37.1 Å². The van der Waals surface area contributed by atoms with Gasteiger partial charge in [-0.25, -0.2) is 9.50 Å². The number of aromatic nitrogens is 5. The van der Waals surface area contributed by atoms with E-state index in [2.05, 4.69) is 25.8 Å². The summed E-state index contributed by atoms with van der Waals surface area (Å²) in [6.45, 7) is 1.79. The molecule has 4 aromatic rings. The van der Waals surface area contributed by atoms with Gasteiger partial charge in [0.1, 0.15) is 0 Å². The van der Waals surface area contributed by atoms with Crippen LogP contribution in [-0.4, -0.2) is 49.4 Å². The van der Waals surface area contributed by atoms with Crippen molar-refractivity contribution in [1.29, 1.82) is 0 Å². The minimum Gasteiger partial charge on any atom is -0.347 e. The summed E-state index contributed by atoms with van der Waals surface area (Å²) in [6, 6.07) is 2.12. The maximum atomic E-state index is 12.5. The third-order valence-corrected chi connectivity index (χ3v) is 5.85. The van der Waals surface area contributed by atoms with Gasteiger partial charge in [-0.15, -0.1) is 11.3 Å². The number of fused-ring (bicyclic) bond motifs is 1. The lowest BCUT2D eigenvalue weighted by Gasteiger charge is -2.09. The molecule has 142 valence electrons. The highest BCUT2D eigenvalue weighted by Crippen LogP contribution is 2.29. The van der Waals surface area contributed by atoms with Gasteiger partial charge in [0, 0.05) is 54.9 Å². The van der Waals surface area contributed by atoms with Crippen LogP contribution in [0.5, 0.6) is 0 Å². The molecular weight excluding hydrogens is 374 g/mol. The minimum absolute atomic E-state index is 0.0201. The first-order valence-corrected chi connectivity index (χ1v) is 9.98. The first-order chi connectivity index (χ1) is 13.7. The Morgan fingerprint density at radius 1 is 1.21 bits per heavy atom. The first-order valence-electron chi connectivity index (χ1n) is 9.10. The van der Waals surface area contributed by atoms with Crippen LogP contribution in [-0.2, 0) is 7.05 Å². The average molecular weight is 393 g/mol. The van der Waals surface area contributed by atoms with E-state index in [9.17, 15) is 4.79 Å². The summed E-state index contributed by atoms with van der Waals surface area (Å²) in [7, 11) is 1.88. The van der Waals surface area contributed by atoms with Crippen molar-refractivity contribution in [2.75, 3.05) is 13.1 Å². The van der Waals surface area contributed by atoms with E-state index in [0.29, 0.717) is 4.88 Å². The van der Waals surface area contributed by atoms with Gasteiger partial charge in [0.15, 0.2) is 5.65 Å². The smallest absolute Gasteiger partial charge is 0.261 e. The quantitative estimate of drug-likeness (QED) is 0.553. The van der Waals surface area contributed by atoms with Crippen LogP contribution >= 0.6 is 11.3 Å². The lowest BCUT2D eigenvalue weighted by molar-refractivity contribution is 0.0944. The van der Waals surface area contributed by atoms with E-state index in [-0.39, 0.29) is 11.9 Å². The molecule has 1 amide bonds. The number of hydrogen-bond donors (Lipinski definition) is 2. The molecule has 0 radical (unpaired) electrons. The zero-order valence-electron chi connectivity index (χ0n) is 15.3. The molecule has 1 aliphatic heterocycles. The molecule has 28 heavy (non-hydrogen) atoms. The summed E-state index contributed by atoms with van der Waals surface area (Å²) in [5, 5.41) is 17.0. The van der Waals surface area contributed by atoms with Gasteiger partial charge in [-0.3, -0.25) is 9.48 Å². The number of nitrogens with zero attached hydrogens (tertiary/aromatic N) is 5. The molecule has 0 spiro atoms. The highest BCUT2D eigenvalue weighted by molar-refractivity contribution is 7.12. The topological polar surface area (TPSA) is 89.1 Å². The molecule has 4 aromatic heterocycles. The maximum Gasteiger partial charge on any atom is 0.261 e. The number of hydrogen-bond acceptors (Lipinski definition) is 6. The molecular formula is C19H19N7OS. The highest BCUT2D eigenvalue weighted by Gasteiger charge is 2.19. The SMILES string of the molecule is Cn1cc(-c2cnc3c(-c4csc(C(=O)NC5CCNC5)c4)cnn3c2)cn1. The normalized spacial score (nSPS) is 16.7. The van der Waals surface area contributed by atoms with Crippen LogP contribution in [0.3, 0.4) is 0 Å². The van der Waals surface area contributed by atoms with Crippen LogP contribution in [0, 0.1) is 0 Å². The monoisotopic (exact) mass is 393 g/mol. The summed E-state index contributed by atoms with van der Waals surface area (Å²) >= 11 is 1.44. The van der Waals surface area contributed by atoms with Crippen molar-refractivity contribution in [3.8, 4) is 22.3 Å². The molecule has 0 saturated carbocycles. The fourth-order valence-electron chi connectivity index (χ4n) is 3.43. The lowest BCUT2D eigenvalue weighted by atomic mass is 10.1. The molecule has 0 aliphatic carbocycles. The third kappa shape index (κ3) is 3.08. The van der Waals surface area contributed by atoms with Gasteiger partial charge in [0.05, 0.1) is 17.3 Å². The zero-order valence-corrected chi connectivity index (χ0v) is 16.1. The summed E-state index contributed by atoms with van der Waals surface area (Å²) in [5.74, 6) is -0.0201. The van der Waals surface area contributed by atoms with Crippen LogP contribution in [0.2, 0.25) is 0 Å². The van der Waals surface area contributed by atoms with Crippen LogP contribution in [0.4, 0.5) is 0 Å². The van der Waals surface area contributed by atoms with E-state index in [0.717, 1.165) is 47.4 Å². The van der Waals surface area contributed by atoms with Crippen molar-refractivity contribution in [2.45, 2.75) is 12.5 Å². The Bertz CT molecular complexity index is 1150. The van der Waals surface area contributed by atoms with Gasteiger partial charge in [-0.1, -0.05) is 0 Å². The Balaban J connectivity index is 1.42. The van der Waals surface area contributed by atoms with Gasteiger partial charge < -0.3 is 10.6 Å². The predicted octanol–water partition coefficient (Wildman–Crippen LogP) is 1.95. The van der Waals surface area contributed by atoms with E-state index >= 15 is 0 Å². The fraction of sp³-hybridized carbons (Fsp3) is 0.263. The number of aryl methyl sites for hydroxylation is 1. The summed E-state index contributed by atoms with van der Waals surface area (Å²) in [5.41, 5.74) is 4.57. The number of carbonyl (C=O) groups is 1. The molecule has 8 nitrogen and oxygen atoms in total. The summed E-state index contributed by atoms with van der Waals surface area (Å²) in [6.07, 6.45) is 10.3. The molecule has 9 heteroatoms. The second kappa shape index (κ2) is 6.84. The largest absolute Gasteiger partial charge is 0.347 e. The van der Waals surface area contributed by atoms with Crippen molar-refractivity contribution < 1.29 is 4.79 Å². The molecule has 1 unspecified atom stereocenters. The second-order valence-electron chi connectivity index (χ2n) is 6.93. The van der Waals surface area contributed by atoms with Gasteiger partial charge in [0.2, 0.25) is 0 Å². The molecule has 1 saturated heterocycles. The van der Waals surface area contributed by atoms with Crippen molar-refractivity contribution in [1.82, 2.24) is 35.0 Å². The van der Waals surface area contributed by atoms with Crippen LogP contribution in [0.25, 0.3) is 27.9 Å². The van der Waals surface area contributed by atoms with Gasteiger partial charge in [0.25, 0.3) is 5.91 Å². The van der Waals surface area contributed by atoms with E-state index in [1.165, 1.54) is 11.3 Å². The number of nitrogens with one attached hydrogen (secondary N) is 2. The number of carbonyl (C=O) groups excluding carboxylic acids is 1. The molecule has 1 fully saturated rings. The lowest BCUT2D eigenvalue weighted by Crippen LogP contribution is -2.35. The number of rotatable bonds is 4. The maximum absolute atomic E-state index is 12.5. The Morgan fingerprint density at radius 2 is 2.11 bits per heavy atom. The van der Waals surface area contributed by atoms with Gasteiger partial charge in [-0.05, 0) is 30.0 Å². The summed E-state index contributed by atoms with van der Waals surface area (Å²) < 4.78 is 3.52. The molecule has 5 rings (SSSR count). The summed E-state index contributed by atoms with van der Waals surface area (Å²) in [4.78, 5) is 17.8. The Hall–Kier alpha value is -3.04. The van der Waals surface area contributed by atoms with Crippen LogP contribution in [0.15, 0.2) is 42.4 Å².